The third kappa shape index (κ3) is 4.54. The van der Waals surface area contributed by atoms with Crippen molar-refractivity contribution in [1.82, 2.24) is 15.5 Å². The van der Waals surface area contributed by atoms with Crippen LogP contribution in [0.15, 0.2) is 18.2 Å². The number of likely N-dealkylation sites (N-methyl/N-ethyl adjacent to an activating group) is 1. The number of benzene rings is 1. The lowest BCUT2D eigenvalue weighted by molar-refractivity contribution is -0.124. The van der Waals surface area contributed by atoms with E-state index < -0.39 is 6.04 Å². The maximum Gasteiger partial charge on any atom is 0.238 e. The van der Waals surface area contributed by atoms with Crippen LogP contribution in [0.2, 0.25) is 0 Å². The van der Waals surface area contributed by atoms with Crippen molar-refractivity contribution in [3.63, 3.8) is 0 Å². The molecule has 3 fully saturated rings. The van der Waals surface area contributed by atoms with E-state index in [0.29, 0.717) is 17.5 Å². The summed E-state index contributed by atoms with van der Waals surface area (Å²) in [7, 11) is 2.11. The van der Waals surface area contributed by atoms with Crippen LogP contribution in [0.4, 0.5) is 10.1 Å². The molecule has 3 unspecified atom stereocenters. The molecule has 4 atom stereocenters. The fourth-order valence-electron chi connectivity index (χ4n) is 4.96. The number of rotatable bonds is 5. The fraction of sp³-hybridized carbons (Fsp3) is 0.636. The van der Waals surface area contributed by atoms with Gasteiger partial charge in [-0.05, 0) is 62.9 Å². The van der Waals surface area contributed by atoms with Crippen LogP contribution in [0.5, 0.6) is 0 Å². The summed E-state index contributed by atoms with van der Waals surface area (Å²) >= 11 is 0. The predicted octanol–water partition coefficient (Wildman–Crippen LogP) is 1.66. The first-order valence-corrected chi connectivity index (χ1v) is 10.7. The topological polar surface area (TPSA) is 71.4 Å². The van der Waals surface area contributed by atoms with Crippen molar-refractivity contribution in [3.05, 3.63) is 29.6 Å². The number of nitriles is 1. The van der Waals surface area contributed by atoms with E-state index in [1.165, 1.54) is 0 Å². The Labute approximate surface area is 172 Å². The highest BCUT2D eigenvalue weighted by Gasteiger charge is 2.43. The molecular weight excluding hydrogens is 369 g/mol. The molecule has 7 heteroatoms. The lowest BCUT2D eigenvalue weighted by atomic mass is 9.98. The van der Waals surface area contributed by atoms with Crippen LogP contribution >= 0.6 is 0 Å². The molecule has 29 heavy (non-hydrogen) atoms. The summed E-state index contributed by atoms with van der Waals surface area (Å²) in [5.41, 5.74) is 1.35. The zero-order valence-electron chi connectivity index (χ0n) is 17.0. The maximum atomic E-state index is 14.8. The van der Waals surface area contributed by atoms with Crippen molar-refractivity contribution in [1.29, 1.82) is 5.26 Å². The van der Waals surface area contributed by atoms with Gasteiger partial charge in [0.1, 0.15) is 11.9 Å². The third-order valence-electron chi connectivity index (χ3n) is 6.66. The number of fused-ring (bicyclic) bond motifs is 2. The highest BCUT2D eigenvalue weighted by atomic mass is 19.1. The average Bonchev–Trinajstić information content (AvgIpc) is 3.28. The second kappa shape index (κ2) is 8.68. The van der Waals surface area contributed by atoms with E-state index in [2.05, 4.69) is 33.6 Å². The Bertz CT molecular complexity index is 794. The van der Waals surface area contributed by atoms with Gasteiger partial charge >= 0.3 is 0 Å². The molecule has 1 aromatic rings. The minimum absolute atomic E-state index is 0.130. The number of nitrogens with one attached hydrogen (secondary N) is 2. The zero-order valence-corrected chi connectivity index (χ0v) is 17.0. The quantitative estimate of drug-likeness (QED) is 0.788. The zero-order chi connectivity index (χ0) is 20.4. The standard InChI is InChI=1S/C22H30FN5O/c1-27-7-2-8-28(10-9-27)19-6-4-15(20(23)13-19)11-18(14-24)26-22(29)21-16-3-5-17(12-16)25-21/h4,6,13,16-18,21,25H,2-3,5,7-12H2,1H3,(H,26,29)/t16?,17?,18-,21?/m0/s1. The first-order valence-electron chi connectivity index (χ1n) is 10.7. The Balaban J connectivity index is 1.37. The lowest BCUT2D eigenvalue weighted by Crippen LogP contribution is -2.50. The van der Waals surface area contributed by atoms with Gasteiger partial charge in [0.2, 0.25) is 5.91 Å². The van der Waals surface area contributed by atoms with Crippen molar-refractivity contribution in [3.8, 4) is 6.07 Å². The Kier molecular flexibility index (Phi) is 6.02. The van der Waals surface area contributed by atoms with E-state index in [1.54, 1.807) is 12.1 Å². The number of amides is 1. The summed E-state index contributed by atoms with van der Waals surface area (Å²) in [6.45, 7) is 3.81. The van der Waals surface area contributed by atoms with E-state index in [-0.39, 0.29) is 24.2 Å². The van der Waals surface area contributed by atoms with Gasteiger partial charge in [-0.3, -0.25) is 4.79 Å². The minimum atomic E-state index is -0.726. The van der Waals surface area contributed by atoms with E-state index in [0.717, 1.165) is 57.5 Å². The van der Waals surface area contributed by atoms with Crippen molar-refractivity contribution < 1.29 is 9.18 Å². The van der Waals surface area contributed by atoms with Gasteiger partial charge in [-0.1, -0.05) is 6.07 Å². The SMILES string of the molecule is CN1CCCN(c2ccc(C[C@@H](C#N)NC(=O)C3NC4CCC3C4)c(F)c2)CC1. The molecular formula is C22H30FN5O. The Morgan fingerprint density at radius 3 is 2.90 bits per heavy atom. The predicted molar refractivity (Wildman–Crippen MR) is 110 cm³/mol. The summed E-state index contributed by atoms with van der Waals surface area (Å²) in [5.74, 6) is -0.0786. The molecule has 0 aromatic heterocycles. The molecule has 1 aliphatic carbocycles. The van der Waals surface area contributed by atoms with E-state index in [9.17, 15) is 14.4 Å². The van der Waals surface area contributed by atoms with Gasteiger partial charge in [-0.2, -0.15) is 5.26 Å². The average molecular weight is 400 g/mol. The van der Waals surface area contributed by atoms with Crippen LogP contribution in [0.3, 0.4) is 0 Å². The summed E-state index contributed by atoms with van der Waals surface area (Å²) in [4.78, 5) is 17.1. The molecule has 1 saturated carbocycles. The largest absolute Gasteiger partial charge is 0.370 e. The number of halogens is 1. The summed E-state index contributed by atoms with van der Waals surface area (Å²) in [6.07, 6.45) is 4.46. The number of anilines is 1. The Morgan fingerprint density at radius 2 is 2.21 bits per heavy atom. The van der Waals surface area contributed by atoms with Crippen molar-refractivity contribution in [2.24, 2.45) is 5.92 Å². The Hall–Kier alpha value is -2.17. The molecule has 6 nitrogen and oxygen atoms in total. The number of hydrogen-bond acceptors (Lipinski definition) is 5. The molecule has 2 heterocycles. The molecule has 1 aromatic carbocycles. The number of carbonyl (C=O) groups is 1. The molecule has 2 saturated heterocycles. The van der Waals surface area contributed by atoms with Crippen LogP contribution in [-0.2, 0) is 11.2 Å². The summed E-state index contributed by atoms with van der Waals surface area (Å²) < 4.78 is 14.8. The molecule has 0 radical (unpaired) electrons. The van der Waals surface area contributed by atoms with Crippen LogP contribution in [-0.4, -0.2) is 62.2 Å². The van der Waals surface area contributed by atoms with Crippen LogP contribution in [0.25, 0.3) is 0 Å². The van der Waals surface area contributed by atoms with E-state index in [1.807, 2.05) is 6.07 Å². The maximum absolute atomic E-state index is 14.8. The first kappa shape index (κ1) is 20.1. The lowest BCUT2D eigenvalue weighted by Gasteiger charge is -2.24. The Morgan fingerprint density at radius 1 is 1.34 bits per heavy atom. The highest BCUT2D eigenvalue weighted by molar-refractivity contribution is 5.83. The summed E-state index contributed by atoms with van der Waals surface area (Å²) in [5, 5.41) is 15.7. The number of carbonyl (C=O) groups excluding carboxylic acids is 1. The van der Waals surface area contributed by atoms with Gasteiger partial charge in [0.05, 0.1) is 12.1 Å². The monoisotopic (exact) mass is 399 g/mol. The fourth-order valence-corrected chi connectivity index (χ4v) is 4.96. The van der Waals surface area contributed by atoms with Crippen LogP contribution in [0.1, 0.15) is 31.2 Å². The minimum Gasteiger partial charge on any atom is -0.370 e. The first-order chi connectivity index (χ1) is 14.0. The highest BCUT2D eigenvalue weighted by Crippen LogP contribution is 2.35. The van der Waals surface area contributed by atoms with Crippen LogP contribution < -0.4 is 15.5 Å². The number of piperidine rings is 1. The molecule has 2 bridgehead atoms. The second-order valence-electron chi connectivity index (χ2n) is 8.73. The van der Waals surface area contributed by atoms with Gasteiger partial charge in [0.25, 0.3) is 0 Å². The molecule has 2 aliphatic heterocycles. The number of hydrogen-bond donors (Lipinski definition) is 2. The third-order valence-corrected chi connectivity index (χ3v) is 6.66. The molecule has 4 rings (SSSR count). The van der Waals surface area contributed by atoms with Gasteiger partial charge in [0.15, 0.2) is 0 Å². The molecule has 1 amide bonds. The van der Waals surface area contributed by atoms with Crippen molar-refractivity contribution in [2.45, 2.75) is 50.2 Å². The normalized spacial score (nSPS) is 28.0. The van der Waals surface area contributed by atoms with Gasteiger partial charge < -0.3 is 20.4 Å². The van der Waals surface area contributed by atoms with Gasteiger partial charge in [-0.15, -0.1) is 0 Å². The number of nitrogens with zero attached hydrogens (tertiary/aromatic N) is 3. The second-order valence-corrected chi connectivity index (χ2v) is 8.73. The van der Waals surface area contributed by atoms with E-state index in [4.69, 9.17) is 0 Å². The van der Waals surface area contributed by atoms with Gasteiger partial charge in [-0.25, -0.2) is 4.39 Å². The van der Waals surface area contributed by atoms with Crippen LogP contribution in [0, 0.1) is 23.1 Å². The van der Waals surface area contributed by atoms with E-state index >= 15 is 0 Å². The van der Waals surface area contributed by atoms with Gasteiger partial charge in [0, 0.05) is 37.8 Å². The molecule has 3 aliphatic rings. The van der Waals surface area contributed by atoms with Crippen molar-refractivity contribution >= 4 is 11.6 Å². The smallest absolute Gasteiger partial charge is 0.238 e. The molecule has 156 valence electrons. The van der Waals surface area contributed by atoms with Crippen molar-refractivity contribution in [2.75, 3.05) is 38.1 Å². The molecule has 0 spiro atoms. The molecule has 2 N–H and O–H groups in total. The summed E-state index contributed by atoms with van der Waals surface area (Å²) in [6, 6.07) is 6.87.